The number of thioether (sulfide) groups is 1. The van der Waals surface area contributed by atoms with Crippen LogP contribution >= 0.6 is 11.8 Å². The fourth-order valence-corrected chi connectivity index (χ4v) is 1.98. The van der Waals surface area contributed by atoms with E-state index in [2.05, 4.69) is 18.4 Å². The van der Waals surface area contributed by atoms with Crippen LogP contribution in [0.3, 0.4) is 0 Å². The maximum Gasteiger partial charge on any atom is 0.138 e. The minimum absolute atomic E-state index is 0.531. The van der Waals surface area contributed by atoms with Crippen LogP contribution < -0.4 is 5.73 Å². The first-order valence-corrected chi connectivity index (χ1v) is 5.94. The third kappa shape index (κ3) is 1.65. The molecule has 74 valence electrons. The van der Waals surface area contributed by atoms with Crippen LogP contribution in [0.25, 0.3) is 11.0 Å². The number of hydrogen-bond acceptors (Lipinski definition) is 3. The number of fused-ring (bicyclic) bond motifs is 1. The third-order valence-corrected chi connectivity index (χ3v) is 2.76. The van der Waals surface area contributed by atoms with E-state index in [1.54, 1.807) is 11.8 Å². The molecule has 1 aromatic heterocycles. The molecule has 0 saturated heterocycles. The Kier molecular flexibility index (Phi) is 2.79. The molecular weight excluding hydrogens is 194 g/mol. The molecule has 0 aliphatic carbocycles. The Morgan fingerprint density at radius 3 is 3.00 bits per heavy atom. The lowest BCUT2D eigenvalue weighted by Crippen LogP contribution is -1.95. The van der Waals surface area contributed by atoms with Crippen molar-refractivity contribution >= 4 is 22.7 Å². The quantitative estimate of drug-likeness (QED) is 0.841. The van der Waals surface area contributed by atoms with Crippen molar-refractivity contribution in [2.75, 3.05) is 6.26 Å². The molecule has 2 nitrogen and oxygen atoms in total. The zero-order valence-electron chi connectivity index (χ0n) is 8.12. The van der Waals surface area contributed by atoms with Gasteiger partial charge < -0.3 is 10.2 Å². The largest absolute Gasteiger partial charge is 0.460 e. The summed E-state index contributed by atoms with van der Waals surface area (Å²) in [7, 11) is 0. The summed E-state index contributed by atoms with van der Waals surface area (Å²) in [6.45, 7) is 0.531. The molecule has 14 heavy (non-hydrogen) atoms. The van der Waals surface area contributed by atoms with Crippen molar-refractivity contribution in [2.24, 2.45) is 5.73 Å². The molecule has 1 aromatic carbocycles. The van der Waals surface area contributed by atoms with Gasteiger partial charge in [0.05, 0.1) is 5.75 Å². The lowest BCUT2D eigenvalue weighted by molar-refractivity contribution is 0.570. The van der Waals surface area contributed by atoms with E-state index >= 15 is 0 Å². The molecule has 0 aliphatic heterocycles. The van der Waals surface area contributed by atoms with Crippen LogP contribution in [-0.2, 0) is 12.3 Å². The molecule has 2 N–H and O–H groups in total. The summed E-state index contributed by atoms with van der Waals surface area (Å²) in [5.41, 5.74) is 7.66. The fraction of sp³-hybridized carbons (Fsp3) is 0.273. The summed E-state index contributed by atoms with van der Waals surface area (Å²) in [6.07, 6.45) is 2.07. The van der Waals surface area contributed by atoms with Crippen molar-refractivity contribution in [3.05, 3.63) is 35.6 Å². The standard InChI is InChI=1S/C11H13NOS/c1-14-7-10-5-8-3-2-4-9(6-12)11(8)13-10/h2-5H,6-7,12H2,1H3. The fourth-order valence-electron chi connectivity index (χ4n) is 1.55. The van der Waals surface area contributed by atoms with E-state index in [9.17, 15) is 0 Å². The van der Waals surface area contributed by atoms with Gasteiger partial charge in [-0.1, -0.05) is 18.2 Å². The van der Waals surface area contributed by atoms with Gasteiger partial charge >= 0.3 is 0 Å². The van der Waals surface area contributed by atoms with Gasteiger partial charge in [-0.2, -0.15) is 11.8 Å². The molecule has 1 heterocycles. The van der Waals surface area contributed by atoms with E-state index in [0.717, 1.165) is 28.0 Å². The molecule has 2 rings (SSSR count). The van der Waals surface area contributed by atoms with Crippen molar-refractivity contribution in [3.8, 4) is 0 Å². The van der Waals surface area contributed by atoms with Crippen LogP contribution in [0.4, 0.5) is 0 Å². The Hall–Kier alpha value is -0.930. The Morgan fingerprint density at radius 1 is 1.43 bits per heavy atom. The van der Waals surface area contributed by atoms with Gasteiger partial charge in [0.1, 0.15) is 11.3 Å². The maximum absolute atomic E-state index is 5.73. The van der Waals surface area contributed by atoms with Crippen molar-refractivity contribution in [1.29, 1.82) is 0 Å². The predicted octanol–water partition coefficient (Wildman–Crippen LogP) is 2.75. The molecule has 0 unspecified atom stereocenters. The van der Waals surface area contributed by atoms with Gasteiger partial charge in [0.2, 0.25) is 0 Å². The van der Waals surface area contributed by atoms with E-state index in [1.807, 2.05) is 12.1 Å². The minimum Gasteiger partial charge on any atom is -0.460 e. The summed E-state index contributed by atoms with van der Waals surface area (Å²) < 4.78 is 5.73. The van der Waals surface area contributed by atoms with Gasteiger partial charge in [0.25, 0.3) is 0 Å². The molecule has 0 spiro atoms. The summed E-state index contributed by atoms with van der Waals surface area (Å²) >= 11 is 1.76. The molecule has 0 aliphatic rings. The maximum atomic E-state index is 5.73. The lowest BCUT2D eigenvalue weighted by Gasteiger charge is -1.96. The molecule has 0 radical (unpaired) electrons. The van der Waals surface area contributed by atoms with Gasteiger partial charge in [-0.15, -0.1) is 0 Å². The van der Waals surface area contributed by atoms with Crippen molar-refractivity contribution in [1.82, 2.24) is 0 Å². The van der Waals surface area contributed by atoms with Crippen LogP contribution in [0.1, 0.15) is 11.3 Å². The average Bonchev–Trinajstić information content (AvgIpc) is 2.60. The van der Waals surface area contributed by atoms with Gasteiger partial charge in [0, 0.05) is 17.5 Å². The highest BCUT2D eigenvalue weighted by molar-refractivity contribution is 7.97. The third-order valence-electron chi connectivity index (χ3n) is 2.18. The van der Waals surface area contributed by atoms with E-state index in [4.69, 9.17) is 10.2 Å². The molecule has 0 amide bonds. The van der Waals surface area contributed by atoms with Crippen LogP contribution in [0.5, 0.6) is 0 Å². The van der Waals surface area contributed by atoms with Crippen LogP contribution in [-0.4, -0.2) is 6.26 Å². The monoisotopic (exact) mass is 207 g/mol. The Bertz CT molecular complexity index is 436. The number of rotatable bonds is 3. The van der Waals surface area contributed by atoms with E-state index < -0.39 is 0 Å². The highest BCUT2D eigenvalue weighted by atomic mass is 32.2. The number of furan rings is 1. The number of benzene rings is 1. The Balaban J connectivity index is 2.52. The number of para-hydroxylation sites is 1. The van der Waals surface area contributed by atoms with Gasteiger partial charge in [-0.05, 0) is 12.3 Å². The van der Waals surface area contributed by atoms with Gasteiger partial charge in [0.15, 0.2) is 0 Å². The normalized spacial score (nSPS) is 11.0. The Labute approximate surface area is 87.5 Å². The lowest BCUT2D eigenvalue weighted by atomic mass is 10.1. The molecule has 2 aromatic rings. The molecular formula is C11H13NOS. The first-order valence-electron chi connectivity index (χ1n) is 4.54. The summed E-state index contributed by atoms with van der Waals surface area (Å²) in [4.78, 5) is 0. The number of nitrogens with two attached hydrogens (primary N) is 1. The van der Waals surface area contributed by atoms with Crippen LogP contribution in [0, 0.1) is 0 Å². The van der Waals surface area contributed by atoms with Crippen LogP contribution in [0.15, 0.2) is 28.7 Å². The molecule has 3 heteroatoms. The number of hydrogen-bond donors (Lipinski definition) is 1. The topological polar surface area (TPSA) is 39.2 Å². The van der Waals surface area contributed by atoms with Crippen molar-refractivity contribution in [3.63, 3.8) is 0 Å². The summed E-state index contributed by atoms with van der Waals surface area (Å²) in [5, 5.41) is 1.15. The first-order chi connectivity index (χ1) is 6.85. The highest BCUT2D eigenvalue weighted by Gasteiger charge is 2.06. The summed E-state index contributed by atoms with van der Waals surface area (Å²) in [6, 6.07) is 8.17. The second-order valence-corrected chi connectivity index (χ2v) is 4.05. The van der Waals surface area contributed by atoms with E-state index in [0.29, 0.717) is 6.54 Å². The zero-order chi connectivity index (χ0) is 9.97. The predicted molar refractivity (Wildman–Crippen MR) is 61.3 cm³/mol. The second-order valence-electron chi connectivity index (χ2n) is 3.19. The van der Waals surface area contributed by atoms with E-state index in [1.165, 1.54) is 0 Å². The molecule has 0 saturated carbocycles. The summed E-state index contributed by atoms with van der Waals surface area (Å²) in [5.74, 6) is 1.94. The molecule has 0 bridgehead atoms. The van der Waals surface area contributed by atoms with Crippen molar-refractivity contribution in [2.45, 2.75) is 12.3 Å². The van der Waals surface area contributed by atoms with Gasteiger partial charge in [-0.3, -0.25) is 0 Å². The Morgan fingerprint density at radius 2 is 2.29 bits per heavy atom. The first kappa shape index (κ1) is 9.62. The molecule has 0 fully saturated rings. The van der Waals surface area contributed by atoms with Crippen molar-refractivity contribution < 1.29 is 4.42 Å². The zero-order valence-corrected chi connectivity index (χ0v) is 8.93. The smallest absolute Gasteiger partial charge is 0.138 e. The SMILES string of the molecule is CSCc1cc2cccc(CN)c2o1. The minimum atomic E-state index is 0.531. The average molecular weight is 207 g/mol. The van der Waals surface area contributed by atoms with E-state index in [-0.39, 0.29) is 0 Å². The highest BCUT2D eigenvalue weighted by Crippen LogP contribution is 2.24. The molecule has 0 atom stereocenters. The second kappa shape index (κ2) is 4.07. The van der Waals surface area contributed by atoms with Gasteiger partial charge in [-0.25, -0.2) is 0 Å². The van der Waals surface area contributed by atoms with Crippen LogP contribution in [0.2, 0.25) is 0 Å².